The van der Waals surface area contributed by atoms with Crippen LogP contribution in [0.1, 0.15) is 36.5 Å². The van der Waals surface area contributed by atoms with Gasteiger partial charge in [-0.25, -0.2) is 13.6 Å². The molecular formula is C24H31N3O4S. The van der Waals surface area contributed by atoms with E-state index in [1.54, 1.807) is 18.2 Å². The normalized spacial score (nSPS) is 25.2. The Morgan fingerprint density at radius 2 is 1.97 bits per heavy atom. The van der Waals surface area contributed by atoms with Crippen LogP contribution in [0.25, 0.3) is 0 Å². The van der Waals surface area contributed by atoms with Crippen LogP contribution in [0.15, 0.2) is 47.4 Å². The first-order valence-electron chi connectivity index (χ1n) is 11.0. The summed E-state index contributed by atoms with van der Waals surface area (Å²) >= 11 is 0. The topological polar surface area (TPSA) is 113 Å². The molecule has 4 rings (SSSR count). The van der Waals surface area contributed by atoms with Gasteiger partial charge in [-0.15, -0.1) is 0 Å². The van der Waals surface area contributed by atoms with Gasteiger partial charge in [0.15, 0.2) is 0 Å². The number of nitrogens with one attached hydrogen (secondary N) is 1. The number of likely N-dealkylation sites (tertiary alicyclic amines) is 1. The van der Waals surface area contributed by atoms with E-state index in [4.69, 9.17) is 5.14 Å². The Labute approximate surface area is 189 Å². The Balaban J connectivity index is 1.46. The molecule has 1 saturated heterocycles. The summed E-state index contributed by atoms with van der Waals surface area (Å²) in [7, 11) is -1.56. The number of phenolic OH excluding ortho intramolecular Hbond substituents is 1. The number of carbonyl (C=O) groups excluding carboxylic acids is 1. The van der Waals surface area contributed by atoms with Crippen LogP contribution in [0.2, 0.25) is 0 Å². The summed E-state index contributed by atoms with van der Waals surface area (Å²) in [5.74, 6) is 0.542. The number of nitrogens with zero attached hydrogens (tertiary/aromatic N) is 1. The highest BCUT2D eigenvalue weighted by atomic mass is 32.2. The van der Waals surface area contributed by atoms with Crippen LogP contribution in [-0.2, 0) is 33.1 Å². The van der Waals surface area contributed by atoms with Crippen LogP contribution in [0.4, 0.5) is 0 Å². The number of primary sulfonamides is 1. The number of hydrogen-bond acceptors (Lipinski definition) is 5. The van der Waals surface area contributed by atoms with E-state index >= 15 is 0 Å². The first kappa shape index (κ1) is 22.8. The second kappa shape index (κ2) is 8.50. The highest BCUT2D eigenvalue weighted by molar-refractivity contribution is 7.89. The summed E-state index contributed by atoms with van der Waals surface area (Å²) in [6.07, 6.45) is 2.80. The van der Waals surface area contributed by atoms with Crippen LogP contribution in [0, 0.1) is 5.92 Å². The van der Waals surface area contributed by atoms with E-state index in [0.29, 0.717) is 31.3 Å². The first-order chi connectivity index (χ1) is 15.1. The Morgan fingerprint density at radius 1 is 1.25 bits per heavy atom. The Bertz CT molecular complexity index is 1120. The fourth-order valence-electron chi connectivity index (χ4n) is 5.55. The molecule has 2 aliphatic rings. The maximum absolute atomic E-state index is 13.0. The van der Waals surface area contributed by atoms with Crippen molar-refractivity contribution in [3.63, 3.8) is 0 Å². The van der Waals surface area contributed by atoms with E-state index in [1.807, 2.05) is 12.1 Å². The Hall–Kier alpha value is -2.42. The number of aromatic hydroxyl groups is 1. The largest absolute Gasteiger partial charge is 0.508 e. The number of nitrogens with two attached hydrogens (primary N) is 1. The zero-order valence-corrected chi connectivity index (χ0v) is 19.4. The van der Waals surface area contributed by atoms with E-state index in [-0.39, 0.29) is 22.0 Å². The van der Waals surface area contributed by atoms with E-state index in [9.17, 15) is 18.3 Å². The van der Waals surface area contributed by atoms with E-state index in [1.165, 1.54) is 17.7 Å². The average molecular weight is 458 g/mol. The minimum Gasteiger partial charge on any atom is -0.508 e. The second-order valence-corrected chi connectivity index (χ2v) is 10.8. The number of piperidine rings is 1. The molecule has 0 saturated carbocycles. The maximum atomic E-state index is 13.0. The van der Waals surface area contributed by atoms with Gasteiger partial charge in [0.05, 0.1) is 4.90 Å². The van der Waals surface area contributed by atoms with Gasteiger partial charge in [-0.05, 0) is 79.7 Å². The molecule has 32 heavy (non-hydrogen) atoms. The molecule has 2 aromatic rings. The summed E-state index contributed by atoms with van der Waals surface area (Å²) in [4.78, 5) is 15.5. The van der Waals surface area contributed by atoms with Gasteiger partial charge in [0.1, 0.15) is 5.75 Å². The summed E-state index contributed by atoms with van der Waals surface area (Å²) in [6.45, 7) is 3.62. The molecule has 1 fully saturated rings. The highest BCUT2D eigenvalue weighted by Gasteiger charge is 2.51. The zero-order valence-electron chi connectivity index (χ0n) is 18.5. The summed E-state index contributed by atoms with van der Waals surface area (Å²) < 4.78 is 22.8. The summed E-state index contributed by atoms with van der Waals surface area (Å²) in [5, 5.41) is 18.3. The number of carbonyl (C=O) groups is 1. The van der Waals surface area contributed by atoms with Crippen LogP contribution < -0.4 is 10.5 Å². The van der Waals surface area contributed by atoms with Gasteiger partial charge >= 0.3 is 0 Å². The molecule has 2 aromatic carbocycles. The number of amides is 1. The number of sulfonamides is 1. The molecule has 1 heterocycles. The molecular weight excluding hydrogens is 426 g/mol. The average Bonchev–Trinajstić information content (AvgIpc) is 2.73. The quantitative estimate of drug-likeness (QED) is 0.614. The minimum atomic E-state index is -3.71. The minimum absolute atomic E-state index is 0.00231. The molecule has 8 heteroatoms. The lowest BCUT2D eigenvalue weighted by Crippen LogP contribution is -2.59. The molecule has 2 bridgehead atoms. The van der Waals surface area contributed by atoms with Crippen LogP contribution in [0.5, 0.6) is 5.75 Å². The highest BCUT2D eigenvalue weighted by Crippen LogP contribution is 2.51. The molecule has 3 atom stereocenters. The van der Waals surface area contributed by atoms with Crippen molar-refractivity contribution in [2.75, 3.05) is 20.1 Å². The second-order valence-electron chi connectivity index (χ2n) is 9.25. The van der Waals surface area contributed by atoms with Crippen LogP contribution in [-0.4, -0.2) is 50.5 Å². The number of fused-ring (bicyclic) bond motifs is 4. The number of benzene rings is 2. The molecule has 7 nitrogen and oxygen atoms in total. The maximum Gasteiger partial charge on any atom is 0.238 e. The summed E-state index contributed by atoms with van der Waals surface area (Å²) in [6, 6.07) is 12.4. The molecule has 4 N–H and O–H groups in total. The molecule has 1 aliphatic carbocycles. The summed E-state index contributed by atoms with van der Waals surface area (Å²) in [5.41, 5.74) is 2.98. The number of rotatable bonds is 6. The van der Waals surface area contributed by atoms with Crippen molar-refractivity contribution in [2.24, 2.45) is 11.1 Å². The number of hydrogen-bond donors (Lipinski definition) is 3. The third-order valence-electron chi connectivity index (χ3n) is 7.45. The lowest BCUT2D eigenvalue weighted by atomic mass is 9.56. The van der Waals surface area contributed by atoms with Gasteiger partial charge in [-0.3, -0.25) is 4.79 Å². The van der Waals surface area contributed by atoms with Gasteiger partial charge < -0.3 is 15.3 Å². The smallest absolute Gasteiger partial charge is 0.238 e. The van der Waals surface area contributed by atoms with Crippen molar-refractivity contribution in [1.29, 1.82) is 0 Å². The van der Waals surface area contributed by atoms with Crippen molar-refractivity contribution < 1.29 is 18.3 Å². The van der Waals surface area contributed by atoms with E-state index in [0.717, 1.165) is 30.5 Å². The van der Waals surface area contributed by atoms with E-state index in [2.05, 4.69) is 24.2 Å². The molecule has 172 valence electrons. The van der Waals surface area contributed by atoms with Crippen LogP contribution in [0.3, 0.4) is 0 Å². The molecule has 0 unspecified atom stereocenters. The molecule has 0 spiro atoms. The standard InChI is InChI=1S/C24H31N3O4S/c1-16-22-13-18-5-6-19(28)14-21(18)24(16,10-12-27(22)2)15-23(29)26-11-9-17-3-7-20(8-4-17)32(25,30)31/h3-8,14,16,22,28H,9-13,15H2,1-2H3,(H,26,29)(H2,25,30,31)/t16-,22+,24-/m0/s1. The predicted octanol–water partition coefficient (Wildman–Crippen LogP) is 1.92. The molecule has 0 aromatic heterocycles. The van der Waals surface area contributed by atoms with Crippen molar-refractivity contribution >= 4 is 15.9 Å². The van der Waals surface area contributed by atoms with Gasteiger partial charge in [-0.2, -0.15) is 0 Å². The molecule has 0 radical (unpaired) electrons. The van der Waals surface area contributed by atoms with Gasteiger partial charge in [0.2, 0.25) is 15.9 Å². The van der Waals surface area contributed by atoms with Gasteiger partial charge in [-0.1, -0.05) is 25.1 Å². The first-order valence-corrected chi connectivity index (χ1v) is 12.6. The number of phenols is 1. The third kappa shape index (κ3) is 4.27. The third-order valence-corrected chi connectivity index (χ3v) is 8.38. The van der Waals surface area contributed by atoms with Crippen molar-refractivity contribution in [3.8, 4) is 5.75 Å². The predicted molar refractivity (Wildman–Crippen MR) is 123 cm³/mol. The molecule has 1 aliphatic heterocycles. The fourth-order valence-corrected chi connectivity index (χ4v) is 6.06. The zero-order chi connectivity index (χ0) is 23.1. The van der Waals surface area contributed by atoms with Crippen LogP contribution >= 0.6 is 0 Å². The lowest BCUT2D eigenvalue weighted by molar-refractivity contribution is -0.124. The monoisotopic (exact) mass is 457 g/mol. The van der Waals surface area contributed by atoms with Gasteiger partial charge in [0, 0.05) is 24.4 Å². The fraction of sp³-hybridized carbons (Fsp3) is 0.458. The molecule has 1 amide bonds. The van der Waals surface area contributed by atoms with Crippen molar-refractivity contribution in [2.45, 2.75) is 49.0 Å². The Morgan fingerprint density at radius 3 is 2.66 bits per heavy atom. The lowest BCUT2D eigenvalue weighted by Gasteiger charge is -2.55. The SMILES string of the molecule is C[C@H]1[C@H]2Cc3ccc(O)cc3[C@]1(CC(=O)NCCc1ccc(S(N)(=O)=O)cc1)CCN2C. The van der Waals surface area contributed by atoms with Crippen molar-refractivity contribution in [3.05, 3.63) is 59.2 Å². The van der Waals surface area contributed by atoms with Gasteiger partial charge in [0.25, 0.3) is 0 Å². The van der Waals surface area contributed by atoms with Crippen molar-refractivity contribution in [1.82, 2.24) is 10.2 Å². The Kier molecular flexibility index (Phi) is 6.04. The van der Waals surface area contributed by atoms with E-state index < -0.39 is 10.0 Å². The number of likely N-dealkylation sites (N-methyl/N-ethyl adjacent to an activating group) is 1.